The predicted molar refractivity (Wildman–Crippen MR) is 155 cm³/mol. The van der Waals surface area contributed by atoms with Gasteiger partial charge in [0.15, 0.2) is 17.2 Å². The van der Waals surface area contributed by atoms with E-state index in [4.69, 9.17) is 9.47 Å². The van der Waals surface area contributed by atoms with Crippen molar-refractivity contribution in [3.05, 3.63) is 70.8 Å². The zero-order valence-electron chi connectivity index (χ0n) is 23.2. The number of amides is 1. The molecular weight excluding hydrogens is 558 g/mol. The molecule has 2 N–H and O–H groups in total. The van der Waals surface area contributed by atoms with Crippen molar-refractivity contribution in [3.63, 3.8) is 0 Å². The van der Waals surface area contributed by atoms with E-state index in [1.807, 2.05) is 43.4 Å². The summed E-state index contributed by atoms with van der Waals surface area (Å²) in [5.74, 6) is 1.06. The fourth-order valence-electron chi connectivity index (χ4n) is 6.25. The molecule has 1 fully saturated rings. The molecule has 0 bridgehead atoms. The average molecular weight is 590 g/mol. The summed E-state index contributed by atoms with van der Waals surface area (Å²) in [6, 6.07) is 14.7. The fraction of sp³-hybridized carbons (Fsp3) is 0.333. The molecule has 1 saturated heterocycles. The third-order valence-electron chi connectivity index (χ3n) is 8.51. The van der Waals surface area contributed by atoms with Gasteiger partial charge in [-0.1, -0.05) is 23.4 Å². The highest BCUT2D eigenvalue weighted by molar-refractivity contribution is 7.89. The van der Waals surface area contributed by atoms with Crippen LogP contribution in [0.2, 0.25) is 0 Å². The van der Waals surface area contributed by atoms with Gasteiger partial charge in [-0.15, -0.1) is 0 Å². The number of likely N-dealkylation sites (N-methyl/N-ethyl adjacent to an activating group) is 1. The highest BCUT2D eigenvalue weighted by atomic mass is 32.2. The fourth-order valence-corrected chi connectivity index (χ4v) is 7.68. The van der Waals surface area contributed by atoms with Crippen molar-refractivity contribution in [2.75, 3.05) is 51.9 Å². The average Bonchev–Trinajstić information content (AvgIpc) is 3.60. The second-order valence-electron chi connectivity index (χ2n) is 11.1. The number of benzene rings is 3. The van der Waals surface area contributed by atoms with Crippen LogP contribution < -0.4 is 14.8 Å². The van der Waals surface area contributed by atoms with E-state index in [1.165, 1.54) is 0 Å². The molecule has 42 heavy (non-hydrogen) atoms. The Bertz CT molecular complexity index is 1710. The van der Waals surface area contributed by atoms with E-state index in [0.29, 0.717) is 50.5 Å². The van der Waals surface area contributed by atoms with Crippen molar-refractivity contribution in [1.82, 2.24) is 14.1 Å². The Morgan fingerprint density at radius 1 is 0.929 bits per heavy atom. The van der Waals surface area contributed by atoms with Gasteiger partial charge in [0.25, 0.3) is 5.91 Å². The summed E-state index contributed by atoms with van der Waals surface area (Å²) in [6.07, 6.45) is 0.784. The number of oxime groups is 1. The van der Waals surface area contributed by atoms with Crippen LogP contribution in [0.15, 0.2) is 58.6 Å². The van der Waals surface area contributed by atoms with Gasteiger partial charge in [0, 0.05) is 51.4 Å². The minimum Gasteiger partial charge on any atom is -0.454 e. The number of rotatable bonds is 5. The molecule has 12 heteroatoms. The Morgan fingerprint density at radius 2 is 1.69 bits per heavy atom. The molecule has 0 aromatic heterocycles. The van der Waals surface area contributed by atoms with Crippen molar-refractivity contribution >= 4 is 27.3 Å². The number of hydrogen-bond donors (Lipinski definition) is 2. The van der Waals surface area contributed by atoms with Crippen molar-refractivity contribution in [2.45, 2.75) is 24.4 Å². The van der Waals surface area contributed by atoms with Gasteiger partial charge < -0.3 is 24.9 Å². The van der Waals surface area contributed by atoms with Gasteiger partial charge in [0.05, 0.1) is 10.6 Å². The molecule has 0 aliphatic carbocycles. The number of ether oxygens (including phenoxy) is 2. The number of carbonyl (C=O) groups excluding carboxylic acids is 1. The van der Waals surface area contributed by atoms with Crippen molar-refractivity contribution < 1.29 is 27.9 Å². The first kappa shape index (κ1) is 26.9. The summed E-state index contributed by atoms with van der Waals surface area (Å²) in [4.78, 5) is 17.1. The zero-order chi connectivity index (χ0) is 29.0. The normalized spacial score (nSPS) is 20.0. The van der Waals surface area contributed by atoms with Crippen LogP contribution in [0.1, 0.15) is 22.3 Å². The lowest BCUT2D eigenvalue weighted by molar-refractivity contribution is -0.110. The van der Waals surface area contributed by atoms with Crippen molar-refractivity contribution in [1.29, 1.82) is 0 Å². The largest absolute Gasteiger partial charge is 0.454 e. The smallest absolute Gasteiger partial charge is 0.278 e. The summed E-state index contributed by atoms with van der Waals surface area (Å²) < 4.78 is 39.5. The highest BCUT2D eigenvalue weighted by Gasteiger charge is 2.34. The van der Waals surface area contributed by atoms with Crippen molar-refractivity contribution in [2.24, 2.45) is 5.16 Å². The lowest BCUT2D eigenvalue weighted by Gasteiger charge is -2.34. The summed E-state index contributed by atoms with van der Waals surface area (Å²) in [7, 11) is -1.64. The lowest BCUT2D eigenvalue weighted by Crippen LogP contribution is -2.48. The summed E-state index contributed by atoms with van der Waals surface area (Å²) in [6.45, 7) is 4.53. The van der Waals surface area contributed by atoms with Gasteiger partial charge in [-0.2, -0.15) is 4.31 Å². The second-order valence-corrected chi connectivity index (χ2v) is 13.0. The lowest BCUT2D eigenvalue weighted by atomic mass is 9.87. The van der Waals surface area contributed by atoms with Gasteiger partial charge >= 0.3 is 0 Å². The Balaban J connectivity index is 1.09. The molecule has 0 unspecified atom stereocenters. The van der Waals surface area contributed by atoms with E-state index < -0.39 is 15.9 Å². The van der Waals surface area contributed by atoms with Crippen LogP contribution in [0, 0.1) is 0 Å². The molecule has 0 atom stereocenters. The Labute approximate surface area is 244 Å². The maximum atomic E-state index is 13.6. The van der Waals surface area contributed by atoms with E-state index in [-0.39, 0.29) is 17.4 Å². The molecule has 4 heterocycles. The molecule has 0 saturated carbocycles. The van der Waals surface area contributed by atoms with E-state index in [9.17, 15) is 18.4 Å². The minimum absolute atomic E-state index is 0.0147. The number of nitrogens with one attached hydrogen (secondary N) is 1. The van der Waals surface area contributed by atoms with Gasteiger partial charge in [0.2, 0.25) is 16.8 Å². The monoisotopic (exact) mass is 589 g/mol. The molecule has 1 amide bonds. The second kappa shape index (κ2) is 10.4. The summed E-state index contributed by atoms with van der Waals surface area (Å²) in [5, 5.41) is 15.6. The molecule has 4 aliphatic rings. The molecule has 4 aliphatic heterocycles. The van der Waals surface area contributed by atoms with E-state index in [2.05, 4.69) is 20.3 Å². The topological polar surface area (TPSA) is 124 Å². The molecule has 11 nitrogen and oxygen atoms in total. The molecule has 0 radical (unpaired) electrons. The SMILES string of the molecule is CN1CCc2c(-c3ccc(S(=O)(=O)N4CCN(Cc5ccc6c(c5)OCO6)CC4)cc3)cc3c(c2C1)NC(=O)/C3=N\O. The molecule has 3 aromatic rings. The first-order valence-electron chi connectivity index (χ1n) is 13.9. The van der Waals surface area contributed by atoms with Crippen LogP contribution in [0.3, 0.4) is 0 Å². The first-order chi connectivity index (χ1) is 20.3. The summed E-state index contributed by atoms with van der Waals surface area (Å²) in [5.41, 5.74) is 6.21. The van der Waals surface area contributed by atoms with Crippen LogP contribution in [0.4, 0.5) is 5.69 Å². The zero-order valence-corrected chi connectivity index (χ0v) is 24.0. The molecule has 218 valence electrons. The van der Waals surface area contributed by atoms with E-state index >= 15 is 0 Å². The number of carbonyl (C=O) groups is 1. The van der Waals surface area contributed by atoms with Crippen LogP contribution in [0.25, 0.3) is 11.1 Å². The van der Waals surface area contributed by atoms with Crippen LogP contribution in [-0.2, 0) is 34.3 Å². The van der Waals surface area contributed by atoms with Gasteiger partial charge in [0.1, 0.15) is 0 Å². The maximum absolute atomic E-state index is 13.6. The van der Waals surface area contributed by atoms with Gasteiger partial charge in [-0.25, -0.2) is 8.42 Å². The number of anilines is 1. The molecule has 0 spiro atoms. The van der Waals surface area contributed by atoms with Crippen molar-refractivity contribution in [3.8, 4) is 22.6 Å². The maximum Gasteiger partial charge on any atom is 0.278 e. The number of fused-ring (bicyclic) bond motifs is 4. The Hall–Kier alpha value is -3.97. The highest BCUT2D eigenvalue weighted by Crippen LogP contribution is 2.40. The van der Waals surface area contributed by atoms with Gasteiger partial charge in [-0.3, -0.25) is 9.69 Å². The molecular formula is C30H31N5O6S. The molecule has 7 rings (SSSR count). The van der Waals surface area contributed by atoms with E-state index in [0.717, 1.165) is 52.3 Å². The third-order valence-corrected chi connectivity index (χ3v) is 10.4. The standard InChI is InChI=1S/C30H31N5O6S/c1-33-9-8-22-23(15-24-28(25(22)17-33)31-30(36)29(24)32-37)20-3-5-21(6-4-20)42(38,39)35-12-10-34(11-13-35)16-19-2-7-26-27(14-19)41-18-40-26/h2-7,14-15,37H,8-13,16-18H2,1H3,(H,31,32,36). The minimum atomic E-state index is -3.66. The first-order valence-corrected chi connectivity index (χ1v) is 15.4. The number of piperazine rings is 1. The van der Waals surface area contributed by atoms with Crippen LogP contribution >= 0.6 is 0 Å². The van der Waals surface area contributed by atoms with Crippen LogP contribution in [-0.4, -0.2) is 85.9 Å². The van der Waals surface area contributed by atoms with Gasteiger partial charge in [-0.05, 0) is 71.6 Å². The number of nitrogens with zero attached hydrogens (tertiary/aromatic N) is 4. The molecule has 3 aromatic carbocycles. The van der Waals surface area contributed by atoms with E-state index in [1.54, 1.807) is 16.4 Å². The summed E-state index contributed by atoms with van der Waals surface area (Å²) >= 11 is 0. The quantitative estimate of drug-likeness (QED) is 0.344. The Morgan fingerprint density at radius 3 is 2.45 bits per heavy atom. The third kappa shape index (κ3) is 4.60. The Kier molecular flexibility index (Phi) is 6.65. The van der Waals surface area contributed by atoms with Crippen LogP contribution in [0.5, 0.6) is 11.5 Å². The predicted octanol–water partition coefficient (Wildman–Crippen LogP) is 2.71. The number of hydrogen-bond acceptors (Lipinski definition) is 9. The number of sulfonamides is 1.